The summed E-state index contributed by atoms with van der Waals surface area (Å²) in [5, 5.41) is 14.7. The number of aromatic nitrogens is 6. The summed E-state index contributed by atoms with van der Waals surface area (Å²) >= 11 is 0. The Morgan fingerprint density at radius 3 is 0.762 bits per heavy atom. The maximum atomic E-state index is 2.60. The largest absolute Gasteiger partial charge is 0.309 e. The average Bonchev–Trinajstić information content (AvgIpc) is 1.62. The standard InChI is InChI=1S/C78H50N6/c1-5-26-49(27-6-1)79-61-42-19-13-36-55(61)67-73-69(57-38-15-21-44-63(57)81(73)51-30-9-3-10-31-51)77-71(75(67)79)59-40-17-23-46-65(59)83(77)53-34-25-35-54(48-53)84-66-47-24-18-41-60(66)72-76-68(56-37-14-20-43-62(56)80(76)50-28-7-2-8-29-50)74-70(78(72)84)58-39-16-22-45-64(58)82(74)52-32-11-4-12-33-52/h1,3-7,9-48H,2,8H2. The molecule has 0 N–H and O–H groups in total. The van der Waals surface area contributed by atoms with E-state index in [0.717, 1.165) is 52.3 Å². The van der Waals surface area contributed by atoms with Crippen LogP contribution >= 0.6 is 0 Å². The van der Waals surface area contributed by atoms with Gasteiger partial charge in [0.2, 0.25) is 0 Å². The van der Waals surface area contributed by atoms with Crippen LogP contribution in [0.1, 0.15) is 12.8 Å². The number of hydrogen-bond donors (Lipinski definition) is 0. The quantitative estimate of drug-likeness (QED) is 0.159. The molecule has 0 unspecified atom stereocenters. The molecule has 6 heteroatoms. The molecule has 1 aliphatic carbocycles. The molecule has 6 nitrogen and oxygen atoms in total. The van der Waals surface area contributed by atoms with Crippen molar-refractivity contribution >= 4 is 137 Å². The molecule has 12 aromatic carbocycles. The lowest BCUT2D eigenvalue weighted by Crippen LogP contribution is -2.01. The van der Waals surface area contributed by atoms with Gasteiger partial charge in [-0.05, 0) is 110 Å². The molecule has 6 heterocycles. The van der Waals surface area contributed by atoms with Crippen LogP contribution in [-0.2, 0) is 0 Å². The summed E-state index contributed by atoms with van der Waals surface area (Å²) in [5.74, 6) is 0. The van der Waals surface area contributed by atoms with Crippen molar-refractivity contribution < 1.29 is 0 Å². The molecule has 0 atom stereocenters. The summed E-state index contributed by atoms with van der Waals surface area (Å²) < 4.78 is 15.4. The molecule has 19 rings (SSSR count). The Kier molecular flexibility index (Phi) is 9.36. The summed E-state index contributed by atoms with van der Waals surface area (Å²) in [4.78, 5) is 0. The van der Waals surface area contributed by atoms with Crippen LogP contribution < -0.4 is 0 Å². The number of nitrogens with zero attached hydrogens (tertiary/aromatic N) is 6. The van der Waals surface area contributed by atoms with E-state index in [-0.39, 0.29) is 0 Å². The van der Waals surface area contributed by atoms with E-state index in [9.17, 15) is 0 Å². The summed E-state index contributed by atoms with van der Waals surface area (Å²) in [7, 11) is 0. The fraction of sp³-hybridized carbons (Fsp3) is 0.0256. The van der Waals surface area contributed by atoms with Gasteiger partial charge in [0.05, 0.1) is 66.2 Å². The van der Waals surface area contributed by atoms with Gasteiger partial charge in [0.15, 0.2) is 0 Å². The molecule has 0 fully saturated rings. The molecule has 6 aromatic heterocycles. The van der Waals surface area contributed by atoms with E-state index < -0.39 is 0 Å². The summed E-state index contributed by atoms with van der Waals surface area (Å²) in [5.41, 5.74) is 21.0. The molecule has 0 bridgehead atoms. The Morgan fingerprint density at radius 1 is 0.214 bits per heavy atom. The molecule has 0 saturated heterocycles. The molecule has 0 spiro atoms. The maximum Gasteiger partial charge on any atom is 0.0663 e. The van der Waals surface area contributed by atoms with Gasteiger partial charge in [0.1, 0.15) is 0 Å². The highest BCUT2D eigenvalue weighted by Crippen LogP contribution is 2.53. The molecular weight excluding hydrogens is 1020 g/mol. The highest BCUT2D eigenvalue weighted by Gasteiger charge is 2.32. The van der Waals surface area contributed by atoms with Crippen molar-refractivity contribution in [1.29, 1.82) is 0 Å². The van der Waals surface area contributed by atoms with E-state index >= 15 is 0 Å². The fourth-order valence-electron chi connectivity index (χ4n) is 15.2. The molecule has 0 amide bonds. The first-order chi connectivity index (χ1) is 41.8. The minimum Gasteiger partial charge on any atom is -0.309 e. The van der Waals surface area contributed by atoms with E-state index in [0.29, 0.717) is 0 Å². The first kappa shape index (κ1) is 45.6. The minimum absolute atomic E-state index is 0.992. The van der Waals surface area contributed by atoms with Gasteiger partial charge in [0.25, 0.3) is 0 Å². The van der Waals surface area contributed by atoms with E-state index in [1.807, 2.05) is 0 Å². The SMILES string of the molecule is C1=CC(n2c3ccccc3c3c2c2c4ccccc4n(-c4cccc(-n5c6ccccc6c6c7c(c8ccccc8n7-c7ccccc7)c7c(c8ccccc8n7-c7ccccc7)c65)c4)c2c2c4ccccc4n(-c4ccccc4)c32)=CCC1. The van der Waals surface area contributed by atoms with Crippen LogP contribution in [0.15, 0.2) is 279 Å². The van der Waals surface area contributed by atoms with Gasteiger partial charge in [-0.25, -0.2) is 0 Å². The van der Waals surface area contributed by atoms with Crippen molar-refractivity contribution in [2.75, 3.05) is 0 Å². The highest BCUT2D eigenvalue weighted by atomic mass is 15.1. The monoisotopic (exact) mass is 1070 g/mol. The van der Waals surface area contributed by atoms with Crippen molar-refractivity contribution in [2.45, 2.75) is 12.8 Å². The summed E-state index contributed by atoms with van der Waals surface area (Å²) in [6.07, 6.45) is 9.14. The van der Waals surface area contributed by atoms with Crippen molar-refractivity contribution in [2.24, 2.45) is 0 Å². The Morgan fingerprint density at radius 2 is 0.464 bits per heavy atom. The highest BCUT2D eigenvalue weighted by molar-refractivity contribution is 6.42. The zero-order chi connectivity index (χ0) is 54.7. The molecule has 0 radical (unpaired) electrons. The second-order valence-electron chi connectivity index (χ2n) is 22.6. The first-order valence-corrected chi connectivity index (χ1v) is 29.3. The number of rotatable bonds is 6. The zero-order valence-electron chi connectivity index (χ0n) is 45.7. The van der Waals surface area contributed by atoms with Crippen molar-refractivity contribution in [1.82, 2.24) is 27.4 Å². The Labute approximate surface area is 481 Å². The number of para-hydroxylation sites is 9. The van der Waals surface area contributed by atoms with Crippen LogP contribution in [-0.4, -0.2) is 27.4 Å². The van der Waals surface area contributed by atoms with Crippen LogP contribution in [0.4, 0.5) is 0 Å². The van der Waals surface area contributed by atoms with E-state index in [4.69, 9.17) is 0 Å². The van der Waals surface area contributed by atoms with Gasteiger partial charge in [-0.3, -0.25) is 0 Å². The molecule has 84 heavy (non-hydrogen) atoms. The zero-order valence-corrected chi connectivity index (χ0v) is 45.7. The van der Waals surface area contributed by atoms with Gasteiger partial charge in [-0.15, -0.1) is 0 Å². The van der Waals surface area contributed by atoms with Gasteiger partial charge in [-0.2, -0.15) is 0 Å². The predicted octanol–water partition coefficient (Wildman–Crippen LogP) is 20.5. The molecule has 0 aliphatic heterocycles. The second kappa shape index (κ2) is 17.2. The Balaban J connectivity index is 1.02. The van der Waals surface area contributed by atoms with Crippen LogP contribution in [0.5, 0.6) is 0 Å². The molecular formula is C78H50N6. The number of fused-ring (bicyclic) bond motifs is 24. The Bertz CT molecular complexity index is 5820. The van der Waals surface area contributed by atoms with Crippen LogP contribution in [0.3, 0.4) is 0 Å². The lowest BCUT2D eigenvalue weighted by Gasteiger charge is -2.16. The Hall–Kier alpha value is -11.1. The van der Waals surface area contributed by atoms with Gasteiger partial charge < -0.3 is 27.4 Å². The number of allylic oxidation sites excluding steroid dienone is 4. The third-order valence-corrected chi connectivity index (χ3v) is 18.3. The molecule has 392 valence electrons. The lowest BCUT2D eigenvalue weighted by atomic mass is 10.0. The van der Waals surface area contributed by atoms with Gasteiger partial charge in [0, 0.05) is 98.8 Å². The topological polar surface area (TPSA) is 29.6 Å². The van der Waals surface area contributed by atoms with Crippen molar-refractivity contribution in [3.05, 3.63) is 279 Å². The third kappa shape index (κ3) is 5.97. The van der Waals surface area contributed by atoms with E-state index in [1.54, 1.807) is 0 Å². The van der Waals surface area contributed by atoms with Crippen molar-refractivity contribution in [3.63, 3.8) is 0 Å². The fourth-order valence-corrected chi connectivity index (χ4v) is 15.2. The molecule has 1 aliphatic rings. The molecule has 18 aromatic rings. The maximum absolute atomic E-state index is 2.60. The lowest BCUT2D eigenvalue weighted by molar-refractivity contribution is 1.02. The minimum atomic E-state index is 0.992. The number of hydrogen-bond acceptors (Lipinski definition) is 0. The predicted molar refractivity (Wildman–Crippen MR) is 354 cm³/mol. The van der Waals surface area contributed by atoms with Crippen LogP contribution in [0.25, 0.3) is 165 Å². The van der Waals surface area contributed by atoms with Crippen LogP contribution in [0, 0.1) is 0 Å². The first-order valence-electron chi connectivity index (χ1n) is 29.3. The van der Waals surface area contributed by atoms with E-state index in [2.05, 4.69) is 306 Å². The second-order valence-corrected chi connectivity index (χ2v) is 22.6. The third-order valence-electron chi connectivity index (χ3n) is 18.3. The summed E-state index contributed by atoms with van der Waals surface area (Å²) in [6, 6.07) is 96.8. The normalized spacial score (nSPS) is 13.2. The summed E-state index contributed by atoms with van der Waals surface area (Å²) in [6.45, 7) is 0. The molecule has 0 saturated carbocycles. The van der Waals surface area contributed by atoms with Gasteiger partial charge in [-0.1, -0.05) is 182 Å². The average molecular weight is 1070 g/mol. The van der Waals surface area contributed by atoms with E-state index in [1.165, 1.54) is 125 Å². The van der Waals surface area contributed by atoms with Crippen LogP contribution in [0.2, 0.25) is 0 Å². The smallest absolute Gasteiger partial charge is 0.0663 e. The number of benzene rings is 12. The van der Waals surface area contributed by atoms with Gasteiger partial charge >= 0.3 is 0 Å². The van der Waals surface area contributed by atoms with Crippen molar-refractivity contribution in [3.8, 4) is 28.4 Å².